The van der Waals surface area contributed by atoms with Gasteiger partial charge in [0.05, 0.1) is 7.11 Å². The summed E-state index contributed by atoms with van der Waals surface area (Å²) in [7, 11) is 1.72. The number of Topliss-reactive ketones (excluding diaryl/α,β-unsaturated/α-hetero) is 1. The molecule has 0 spiro atoms. The number of fused-ring (bicyclic) bond motifs is 3. The summed E-state index contributed by atoms with van der Waals surface area (Å²) in [5.74, 6) is 1.81. The van der Waals surface area contributed by atoms with Crippen molar-refractivity contribution in [3.8, 4) is 5.75 Å². The molecular formula is C18H24O2. The molecule has 0 aliphatic heterocycles. The lowest BCUT2D eigenvalue weighted by Crippen LogP contribution is -2.52. The second-order valence-electron chi connectivity index (χ2n) is 7.18. The second-order valence-corrected chi connectivity index (χ2v) is 7.18. The van der Waals surface area contributed by atoms with Crippen molar-refractivity contribution in [3.63, 3.8) is 0 Å². The summed E-state index contributed by atoms with van der Waals surface area (Å²) < 4.78 is 5.41. The molecule has 2 nitrogen and oxygen atoms in total. The van der Waals surface area contributed by atoms with Crippen molar-refractivity contribution in [2.24, 2.45) is 11.3 Å². The molecule has 1 aromatic rings. The number of hydrogen-bond acceptors (Lipinski definition) is 2. The molecule has 1 fully saturated rings. The smallest absolute Gasteiger partial charge is 0.138 e. The van der Waals surface area contributed by atoms with Crippen LogP contribution in [0.5, 0.6) is 5.75 Å². The van der Waals surface area contributed by atoms with Crippen molar-refractivity contribution in [2.75, 3.05) is 7.11 Å². The summed E-state index contributed by atoms with van der Waals surface area (Å²) in [6.45, 7) is 6.63. The van der Waals surface area contributed by atoms with Crippen LogP contribution in [0.2, 0.25) is 0 Å². The topological polar surface area (TPSA) is 26.3 Å². The normalized spacial score (nSPS) is 31.4. The first kappa shape index (κ1) is 13.7. The van der Waals surface area contributed by atoms with E-state index < -0.39 is 0 Å². The molecular weight excluding hydrogens is 248 g/mol. The van der Waals surface area contributed by atoms with Gasteiger partial charge in [-0.25, -0.2) is 0 Å². The summed E-state index contributed by atoms with van der Waals surface area (Å²) in [6.07, 6.45) is 3.88. The van der Waals surface area contributed by atoms with Crippen LogP contribution in [0.3, 0.4) is 0 Å². The number of carbonyl (C=O) groups is 1. The Hall–Kier alpha value is -1.31. The van der Waals surface area contributed by atoms with Crippen LogP contribution in [0, 0.1) is 11.3 Å². The number of benzene rings is 1. The van der Waals surface area contributed by atoms with Gasteiger partial charge in [0.15, 0.2) is 0 Å². The minimum absolute atomic E-state index is 0.111. The fourth-order valence-electron chi connectivity index (χ4n) is 4.59. The zero-order valence-electron chi connectivity index (χ0n) is 13.0. The molecule has 20 heavy (non-hydrogen) atoms. The van der Waals surface area contributed by atoms with E-state index in [2.05, 4.69) is 39.0 Å². The summed E-state index contributed by atoms with van der Waals surface area (Å²) in [5, 5.41) is 0. The lowest BCUT2D eigenvalue weighted by molar-refractivity contribution is -0.137. The first-order chi connectivity index (χ1) is 9.39. The molecule has 0 heterocycles. The van der Waals surface area contributed by atoms with Gasteiger partial charge in [-0.3, -0.25) is 4.79 Å². The van der Waals surface area contributed by atoms with Gasteiger partial charge in [0.1, 0.15) is 11.5 Å². The van der Waals surface area contributed by atoms with Crippen LogP contribution in [0.4, 0.5) is 0 Å². The molecule has 1 unspecified atom stereocenters. The Labute approximate surface area is 121 Å². The van der Waals surface area contributed by atoms with Gasteiger partial charge in [0.2, 0.25) is 0 Å². The highest BCUT2D eigenvalue weighted by molar-refractivity contribution is 5.86. The lowest BCUT2D eigenvalue weighted by atomic mass is 9.50. The maximum Gasteiger partial charge on any atom is 0.138 e. The van der Waals surface area contributed by atoms with E-state index in [-0.39, 0.29) is 10.8 Å². The fraction of sp³-hybridized carbons (Fsp3) is 0.611. The Morgan fingerprint density at radius 2 is 1.95 bits per heavy atom. The molecule has 2 heteroatoms. The highest BCUT2D eigenvalue weighted by Gasteiger charge is 2.53. The lowest BCUT2D eigenvalue weighted by Gasteiger charge is -2.53. The third-order valence-electron chi connectivity index (χ3n) is 5.86. The van der Waals surface area contributed by atoms with Gasteiger partial charge >= 0.3 is 0 Å². The van der Waals surface area contributed by atoms with Crippen LogP contribution in [0.15, 0.2) is 18.2 Å². The van der Waals surface area contributed by atoms with Crippen LogP contribution >= 0.6 is 0 Å². The molecule has 1 aromatic carbocycles. The number of hydrogen-bond donors (Lipinski definition) is 0. The molecule has 108 valence electrons. The van der Waals surface area contributed by atoms with E-state index in [9.17, 15) is 4.79 Å². The summed E-state index contributed by atoms with van der Waals surface area (Å²) in [5.41, 5.74) is 2.76. The van der Waals surface area contributed by atoms with Crippen molar-refractivity contribution >= 4 is 5.78 Å². The zero-order chi connectivity index (χ0) is 14.5. The quantitative estimate of drug-likeness (QED) is 0.775. The third-order valence-corrected chi connectivity index (χ3v) is 5.86. The largest absolute Gasteiger partial charge is 0.497 e. The number of aryl methyl sites for hydroxylation is 1. The Balaban J connectivity index is 2.13. The highest BCUT2D eigenvalue weighted by atomic mass is 16.5. The van der Waals surface area contributed by atoms with Gasteiger partial charge in [-0.2, -0.15) is 0 Å². The second kappa shape index (κ2) is 4.34. The van der Waals surface area contributed by atoms with Crippen molar-refractivity contribution in [2.45, 2.75) is 51.9 Å². The van der Waals surface area contributed by atoms with Crippen LogP contribution < -0.4 is 4.74 Å². The average Bonchev–Trinajstić information content (AvgIpc) is 2.43. The number of methoxy groups -OCH3 is 1. The molecule has 0 saturated heterocycles. The van der Waals surface area contributed by atoms with Gasteiger partial charge in [-0.15, -0.1) is 0 Å². The summed E-state index contributed by atoms with van der Waals surface area (Å²) in [6, 6.07) is 6.47. The van der Waals surface area contributed by atoms with Crippen LogP contribution in [0.1, 0.15) is 51.2 Å². The van der Waals surface area contributed by atoms with Crippen LogP contribution in [0.25, 0.3) is 0 Å². The van der Waals surface area contributed by atoms with Gasteiger partial charge in [-0.05, 0) is 53.9 Å². The Bertz CT molecular complexity index is 559. The Morgan fingerprint density at radius 3 is 2.65 bits per heavy atom. The van der Waals surface area contributed by atoms with E-state index in [1.54, 1.807) is 7.11 Å². The number of carbonyl (C=O) groups excluding carboxylic acids is 1. The molecule has 0 amide bonds. The molecule has 2 aliphatic rings. The van der Waals surface area contributed by atoms with Gasteiger partial charge in [-0.1, -0.05) is 26.8 Å². The SMILES string of the molecule is COc1ccc2c(c1)[C@]1(C)CCC(=O)C(C)(C)C1CC2. The summed E-state index contributed by atoms with van der Waals surface area (Å²) >= 11 is 0. The first-order valence-electron chi connectivity index (χ1n) is 7.60. The van der Waals surface area contributed by atoms with E-state index in [1.807, 2.05) is 0 Å². The minimum atomic E-state index is -0.201. The molecule has 0 bridgehead atoms. The van der Waals surface area contributed by atoms with Crippen molar-refractivity contribution in [1.29, 1.82) is 0 Å². The van der Waals surface area contributed by atoms with Gasteiger partial charge in [0, 0.05) is 11.8 Å². The van der Waals surface area contributed by atoms with Gasteiger partial charge < -0.3 is 4.74 Å². The van der Waals surface area contributed by atoms with Crippen LogP contribution in [-0.4, -0.2) is 12.9 Å². The molecule has 0 radical (unpaired) electrons. The molecule has 3 rings (SSSR count). The maximum absolute atomic E-state index is 12.3. The predicted octanol–water partition coefficient (Wildman–Crippen LogP) is 3.90. The van der Waals surface area contributed by atoms with E-state index in [0.29, 0.717) is 18.1 Å². The number of rotatable bonds is 1. The Kier molecular flexibility index (Phi) is 2.97. The van der Waals surface area contributed by atoms with Crippen molar-refractivity contribution < 1.29 is 9.53 Å². The van der Waals surface area contributed by atoms with Crippen molar-refractivity contribution in [1.82, 2.24) is 0 Å². The van der Waals surface area contributed by atoms with Gasteiger partial charge in [0.25, 0.3) is 0 Å². The van der Waals surface area contributed by atoms with E-state index in [0.717, 1.165) is 25.0 Å². The van der Waals surface area contributed by atoms with E-state index >= 15 is 0 Å². The third kappa shape index (κ3) is 1.73. The van der Waals surface area contributed by atoms with Crippen LogP contribution in [-0.2, 0) is 16.6 Å². The molecule has 1 saturated carbocycles. The average molecular weight is 272 g/mol. The summed E-state index contributed by atoms with van der Waals surface area (Å²) in [4.78, 5) is 12.3. The van der Waals surface area contributed by atoms with E-state index in [1.165, 1.54) is 11.1 Å². The maximum atomic E-state index is 12.3. The number of ether oxygens (including phenoxy) is 1. The minimum Gasteiger partial charge on any atom is -0.497 e. The predicted molar refractivity (Wildman–Crippen MR) is 80.2 cm³/mol. The zero-order valence-corrected chi connectivity index (χ0v) is 13.0. The number of ketones is 1. The Morgan fingerprint density at radius 1 is 1.20 bits per heavy atom. The molecule has 2 aliphatic carbocycles. The highest BCUT2D eigenvalue weighted by Crippen LogP contribution is 2.56. The monoisotopic (exact) mass is 272 g/mol. The molecule has 2 atom stereocenters. The van der Waals surface area contributed by atoms with E-state index in [4.69, 9.17) is 4.74 Å². The molecule has 0 aromatic heterocycles. The first-order valence-corrected chi connectivity index (χ1v) is 7.60. The van der Waals surface area contributed by atoms with Crippen molar-refractivity contribution in [3.05, 3.63) is 29.3 Å². The molecule has 0 N–H and O–H groups in total. The standard InChI is InChI=1S/C18H24O2/c1-17(2)15-8-6-12-5-7-13(20-4)11-14(12)18(15,3)10-9-16(17)19/h5,7,11,15H,6,8-10H2,1-4H3/t15?,18-/m0/s1. The fourth-order valence-corrected chi connectivity index (χ4v) is 4.59.